The number of hydrogen-bond donors (Lipinski definition) is 3. The summed E-state index contributed by atoms with van der Waals surface area (Å²) in [4.78, 5) is 4.57. The van der Waals surface area contributed by atoms with Crippen molar-refractivity contribution in [1.29, 1.82) is 0 Å². The maximum Gasteiger partial charge on any atom is 0.145 e. The van der Waals surface area contributed by atoms with Gasteiger partial charge >= 0.3 is 0 Å². The topological polar surface area (TPSA) is 114 Å². The van der Waals surface area contributed by atoms with Crippen molar-refractivity contribution in [2.75, 3.05) is 6.61 Å². The molecule has 8 nitrogen and oxygen atoms in total. The Morgan fingerprint density at radius 1 is 1.09 bits per heavy atom. The Balaban J connectivity index is 1.64. The van der Waals surface area contributed by atoms with Gasteiger partial charge in [0.2, 0.25) is 0 Å². The fourth-order valence-electron chi connectivity index (χ4n) is 3.33. The molecule has 5 unspecified atom stereocenters. The third-order valence-electron chi connectivity index (χ3n) is 4.88. The van der Waals surface area contributed by atoms with Crippen molar-refractivity contribution in [3.05, 3.63) is 58.5 Å². The van der Waals surface area contributed by atoms with Crippen LogP contribution >= 0.6 is 35.0 Å². The molecule has 13 heteroatoms. The third-order valence-corrected chi connectivity index (χ3v) is 6.56. The first-order chi connectivity index (χ1) is 15.3. The van der Waals surface area contributed by atoms with E-state index >= 15 is 0 Å². The smallest absolute Gasteiger partial charge is 0.145 e. The number of halogens is 4. The van der Waals surface area contributed by atoms with Gasteiger partial charge in [0.05, 0.1) is 17.8 Å². The number of ether oxygens (including phenoxy) is 1. The van der Waals surface area contributed by atoms with Gasteiger partial charge in [-0.05, 0) is 18.2 Å². The Morgan fingerprint density at radius 3 is 2.47 bits per heavy atom. The summed E-state index contributed by atoms with van der Waals surface area (Å²) in [7, 11) is 0. The minimum absolute atomic E-state index is 0.0707. The molecule has 3 N–H and O–H groups in total. The highest BCUT2D eigenvalue weighted by Crippen LogP contribution is 2.38. The Morgan fingerprint density at radius 2 is 1.81 bits per heavy atom. The minimum atomic E-state index is -1.35. The van der Waals surface area contributed by atoms with Crippen LogP contribution in [-0.4, -0.2) is 65.7 Å². The molecule has 1 fully saturated rings. The van der Waals surface area contributed by atoms with Gasteiger partial charge in [0.1, 0.15) is 52.1 Å². The van der Waals surface area contributed by atoms with Gasteiger partial charge in [-0.25, -0.2) is 13.5 Å². The summed E-state index contributed by atoms with van der Waals surface area (Å²) in [6, 6.07) is 2.55. The standard InChI is InChI=1S/C19H16Cl2F2N4O4S/c20-9-3-10(5-24-4-9)32-19-18(30)16(17(29)14(7-28)31-19)27-6-13(25-26-27)8-1-11(22)15(21)12(23)2-8/h1-6,14,16-19,28-30H,7H2. The summed E-state index contributed by atoms with van der Waals surface area (Å²) in [5.41, 5.74) is -0.755. The molecular formula is C19H16Cl2F2N4O4S. The van der Waals surface area contributed by atoms with Gasteiger partial charge < -0.3 is 20.1 Å². The van der Waals surface area contributed by atoms with Crippen LogP contribution in [0.15, 0.2) is 41.7 Å². The normalized spacial score (nSPS) is 25.8. The average Bonchev–Trinajstić information content (AvgIpc) is 3.23. The van der Waals surface area contributed by atoms with Crippen LogP contribution < -0.4 is 0 Å². The Bertz CT molecular complexity index is 1100. The number of rotatable bonds is 5. The van der Waals surface area contributed by atoms with E-state index in [0.29, 0.717) is 9.92 Å². The van der Waals surface area contributed by atoms with Gasteiger partial charge in [-0.3, -0.25) is 4.98 Å². The lowest BCUT2D eigenvalue weighted by Crippen LogP contribution is -2.55. The highest BCUT2D eigenvalue weighted by molar-refractivity contribution is 7.99. The quantitative estimate of drug-likeness (QED) is 0.454. The molecule has 5 atom stereocenters. The van der Waals surface area contributed by atoms with Crippen LogP contribution in [0.5, 0.6) is 0 Å². The van der Waals surface area contributed by atoms with Crippen LogP contribution in [0.2, 0.25) is 10.0 Å². The molecule has 170 valence electrons. The van der Waals surface area contributed by atoms with Gasteiger partial charge in [-0.2, -0.15) is 0 Å². The predicted octanol–water partition coefficient (Wildman–Crippen LogP) is 2.70. The van der Waals surface area contributed by atoms with E-state index in [1.807, 2.05) is 0 Å². The Kier molecular flexibility index (Phi) is 6.96. The van der Waals surface area contributed by atoms with Crippen molar-refractivity contribution in [3.63, 3.8) is 0 Å². The van der Waals surface area contributed by atoms with Crippen molar-refractivity contribution < 1.29 is 28.8 Å². The number of hydrogen-bond acceptors (Lipinski definition) is 8. The molecule has 32 heavy (non-hydrogen) atoms. The van der Waals surface area contributed by atoms with E-state index < -0.39 is 53.1 Å². The maximum absolute atomic E-state index is 13.8. The second-order valence-electron chi connectivity index (χ2n) is 6.99. The maximum atomic E-state index is 13.8. The largest absolute Gasteiger partial charge is 0.394 e. The summed E-state index contributed by atoms with van der Waals surface area (Å²) >= 11 is 12.6. The number of thioether (sulfide) groups is 1. The average molecular weight is 505 g/mol. The first-order valence-electron chi connectivity index (χ1n) is 9.25. The van der Waals surface area contributed by atoms with E-state index in [2.05, 4.69) is 15.3 Å². The summed E-state index contributed by atoms with van der Waals surface area (Å²) in [6.07, 6.45) is 0.611. The zero-order valence-electron chi connectivity index (χ0n) is 16.0. The lowest BCUT2D eigenvalue weighted by atomic mass is 9.97. The Hall–Kier alpha value is -1.86. The second kappa shape index (κ2) is 9.56. The van der Waals surface area contributed by atoms with Crippen molar-refractivity contribution in [2.45, 2.75) is 34.7 Å². The van der Waals surface area contributed by atoms with Gasteiger partial charge in [0, 0.05) is 22.9 Å². The summed E-state index contributed by atoms with van der Waals surface area (Å²) in [5.74, 6) is -1.93. The first-order valence-corrected chi connectivity index (χ1v) is 10.9. The Labute approximate surface area is 194 Å². The van der Waals surface area contributed by atoms with Gasteiger partial charge in [-0.15, -0.1) is 5.10 Å². The van der Waals surface area contributed by atoms with E-state index in [9.17, 15) is 24.1 Å². The first kappa shape index (κ1) is 23.3. The molecule has 1 saturated heterocycles. The molecule has 0 radical (unpaired) electrons. The van der Waals surface area contributed by atoms with Crippen LogP contribution in [0.4, 0.5) is 8.78 Å². The number of pyridine rings is 1. The summed E-state index contributed by atoms with van der Waals surface area (Å²) < 4.78 is 34.5. The highest BCUT2D eigenvalue weighted by Gasteiger charge is 2.46. The molecule has 0 spiro atoms. The highest BCUT2D eigenvalue weighted by atomic mass is 35.5. The summed E-state index contributed by atoms with van der Waals surface area (Å²) in [6.45, 7) is -0.523. The van der Waals surface area contributed by atoms with Crippen molar-refractivity contribution >= 4 is 35.0 Å². The molecular weight excluding hydrogens is 489 g/mol. The fraction of sp³-hybridized carbons (Fsp3) is 0.316. The molecule has 4 rings (SSSR count). The number of aromatic nitrogens is 4. The number of aliphatic hydroxyl groups is 3. The molecule has 0 saturated carbocycles. The molecule has 0 aliphatic carbocycles. The zero-order valence-corrected chi connectivity index (χ0v) is 18.3. The van der Waals surface area contributed by atoms with Gasteiger partial charge in [0.15, 0.2) is 0 Å². The molecule has 3 aromatic rings. The van der Waals surface area contributed by atoms with E-state index in [1.54, 1.807) is 6.07 Å². The molecule has 1 aliphatic heterocycles. The van der Waals surface area contributed by atoms with Crippen LogP contribution in [0.1, 0.15) is 6.04 Å². The van der Waals surface area contributed by atoms with Crippen LogP contribution in [-0.2, 0) is 4.74 Å². The van der Waals surface area contributed by atoms with E-state index in [1.165, 1.54) is 23.3 Å². The van der Waals surface area contributed by atoms with Gasteiger partial charge in [-0.1, -0.05) is 40.2 Å². The number of nitrogens with zero attached hydrogens (tertiary/aromatic N) is 4. The van der Waals surface area contributed by atoms with Gasteiger partial charge in [0.25, 0.3) is 0 Å². The second-order valence-corrected chi connectivity index (χ2v) is 8.98. The van der Waals surface area contributed by atoms with Crippen molar-refractivity contribution in [1.82, 2.24) is 20.0 Å². The predicted molar refractivity (Wildman–Crippen MR) is 112 cm³/mol. The monoisotopic (exact) mass is 504 g/mol. The van der Waals surface area contributed by atoms with Crippen LogP contribution in [0.25, 0.3) is 11.3 Å². The SMILES string of the molecule is OCC1OC(Sc2cncc(Cl)c2)C(O)C(n2cc(-c3cc(F)c(Cl)c(F)c3)nn2)C1O. The molecule has 1 aromatic carbocycles. The van der Waals surface area contributed by atoms with Crippen LogP contribution in [0.3, 0.4) is 0 Å². The van der Waals surface area contributed by atoms with E-state index in [4.69, 9.17) is 27.9 Å². The molecule has 0 amide bonds. The molecule has 2 aromatic heterocycles. The number of aliphatic hydroxyl groups excluding tert-OH is 3. The summed E-state index contributed by atoms with van der Waals surface area (Å²) in [5, 5.41) is 38.8. The number of benzene rings is 1. The lowest BCUT2D eigenvalue weighted by Gasteiger charge is -2.41. The molecule has 1 aliphatic rings. The van der Waals surface area contributed by atoms with E-state index in [0.717, 1.165) is 23.9 Å². The van der Waals surface area contributed by atoms with Crippen molar-refractivity contribution in [2.24, 2.45) is 0 Å². The molecule has 3 heterocycles. The third kappa shape index (κ3) is 4.60. The fourth-order valence-corrected chi connectivity index (χ4v) is 4.76. The van der Waals surface area contributed by atoms with E-state index in [-0.39, 0.29) is 11.3 Å². The van der Waals surface area contributed by atoms with Crippen molar-refractivity contribution in [3.8, 4) is 11.3 Å². The molecule has 0 bridgehead atoms. The van der Waals surface area contributed by atoms with Crippen LogP contribution in [0, 0.1) is 11.6 Å². The minimum Gasteiger partial charge on any atom is -0.394 e. The zero-order chi connectivity index (χ0) is 23.0. The lowest BCUT2D eigenvalue weighted by molar-refractivity contribution is -0.178.